The van der Waals surface area contributed by atoms with Gasteiger partial charge in [0.05, 0.1) is 5.92 Å². The van der Waals surface area contributed by atoms with Gasteiger partial charge in [-0.05, 0) is 49.5 Å². The molecule has 0 radical (unpaired) electrons. The van der Waals surface area contributed by atoms with Crippen molar-refractivity contribution in [3.05, 3.63) is 18.5 Å². The molecule has 4 atom stereocenters. The molecular weight excluding hydrogens is 314 g/mol. The maximum absolute atomic E-state index is 12.9. The highest BCUT2D eigenvalue weighted by Crippen LogP contribution is 2.66. The molecule has 25 heavy (non-hydrogen) atoms. The van der Waals surface area contributed by atoms with E-state index >= 15 is 0 Å². The van der Waals surface area contributed by atoms with E-state index in [1.165, 1.54) is 12.8 Å². The molecule has 1 aromatic rings. The average molecular weight is 343 g/mol. The zero-order valence-electron chi connectivity index (χ0n) is 15.6. The molecule has 2 aliphatic carbocycles. The summed E-state index contributed by atoms with van der Waals surface area (Å²) in [5.41, 5.74) is 0.401. The number of hydrogen-bond acceptors (Lipinski definition) is 5. The number of fused-ring (bicyclic) bond motifs is 2. The lowest BCUT2D eigenvalue weighted by Gasteiger charge is -2.39. The molecular formula is C20H29N3O2. The summed E-state index contributed by atoms with van der Waals surface area (Å²) in [5, 5.41) is 0. The van der Waals surface area contributed by atoms with Crippen LogP contribution in [-0.2, 0) is 9.53 Å². The Kier molecular flexibility index (Phi) is 4.00. The molecule has 0 amide bonds. The van der Waals surface area contributed by atoms with Crippen LogP contribution in [0.25, 0.3) is 0 Å². The summed E-state index contributed by atoms with van der Waals surface area (Å²) in [6.45, 7) is 8.60. The Labute approximate surface area is 150 Å². The van der Waals surface area contributed by atoms with Gasteiger partial charge in [-0.25, -0.2) is 9.97 Å². The Balaban J connectivity index is 1.42. The van der Waals surface area contributed by atoms with E-state index in [1.807, 2.05) is 6.07 Å². The lowest BCUT2D eigenvalue weighted by Crippen LogP contribution is -2.43. The first-order chi connectivity index (χ1) is 11.9. The predicted octanol–water partition coefficient (Wildman–Crippen LogP) is 3.45. The van der Waals surface area contributed by atoms with Gasteiger partial charge in [0.2, 0.25) is 5.95 Å². The molecule has 3 fully saturated rings. The largest absolute Gasteiger partial charge is 0.461 e. The Morgan fingerprint density at radius 1 is 1.24 bits per heavy atom. The molecule has 2 saturated carbocycles. The number of carbonyl (C=O) groups excluding carboxylic acids is 1. The highest BCUT2D eigenvalue weighted by atomic mass is 16.5. The van der Waals surface area contributed by atoms with Crippen LogP contribution in [0.2, 0.25) is 0 Å². The number of nitrogens with zero attached hydrogens (tertiary/aromatic N) is 3. The number of ether oxygens (including phenoxy) is 1. The van der Waals surface area contributed by atoms with Gasteiger partial charge in [-0.3, -0.25) is 4.79 Å². The average Bonchev–Trinajstić information content (AvgIpc) is 2.96. The second-order valence-corrected chi connectivity index (χ2v) is 8.87. The van der Waals surface area contributed by atoms with Crippen LogP contribution in [-0.4, -0.2) is 35.1 Å². The van der Waals surface area contributed by atoms with E-state index in [2.05, 4.69) is 35.6 Å². The first-order valence-corrected chi connectivity index (χ1v) is 9.64. The van der Waals surface area contributed by atoms with Gasteiger partial charge in [-0.15, -0.1) is 0 Å². The molecule has 1 aliphatic heterocycles. The maximum Gasteiger partial charge on any atom is 0.311 e. The molecule has 136 valence electrons. The summed E-state index contributed by atoms with van der Waals surface area (Å²) in [7, 11) is 0. The third-order valence-corrected chi connectivity index (χ3v) is 7.56. The van der Waals surface area contributed by atoms with Gasteiger partial charge in [0, 0.05) is 30.9 Å². The van der Waals surface area contributed by atoms with Gasteiger partial charge in [-0.1, -0.05) is 20.8 Å². The zero-order valence-corrected chi connectivity index (χ0v) is 15.6. The zero-order chi connectivity index (χ0) is 17.7. The van der Waals surface area contributed by atoms with Crippen LogP contribution >= 0.6 is 0 Å². The second kappa shape index (κ2) is 5.96. The monoisotopic (exact) mass is 343 g/mol. The minimum absolute atomic E-state index is 0.0183. The Morgan fingerprint density at radius 3 is 2.64 bits per heavy atom. The Bertz CT molecular complexity index is 648. The van der Waals surface area contributed by atoms with Crippen molar-refractivity contribution in [3.8, 4) is 0 Å². The normalized spacial score (nSPS) is 36.4. The van der Waals surface area contributed by atoms with E-state index in [-0.39, 0.29) is 28.8 Å². The summed E-state index contributed by atoms with van der Waals surface area (Å²) < 4.78 is 6.10. The van der Waals surface area contributed by atoms with Gasteiger partial charge in [0.15, 0.2) is 0 Å². The van der Waals surface area contributed by atoms with E-state index in [9.17, 15) is 4.79 Å². The summed E-state index contributed by atoms with van der Waals surface area (Å²) in [4.78, 5) is 23.6. The van der Waals surface area contributed by atoms with Crippen LogP contribution in [0.4, 0.5) is 5.95 Å². The molecule has 4 unspecified atom stereocenters. The molecule has 5 heteroatoms. The number of hydrogen-bond donors (Lipinski definition) is 0. The number of esters is 1. The van der Waals surface area contributed by atoms with Gasteiger partial charge in [0.25, 0.3) is 0 Å². The molecule has 0 spiro atoms. The van der Waals surface area contributed by atoms with Crippen molar-refractivity contribution < 1.29 is 9.53 Å². The molecule has 2 heterocycles. The molecule has 1 saturated heterocycles. The van der Waals surface area contributed by atoms with Crippen LogP contribution in [0.15, 0.2) is 18.5 Å². The van der Waals surface area contributed by atoms with Crippen molar-refractivity contribution in [2.75, 3.05) is 18.0 Å². The smallest absolute Gasteiger partial charge is 0.311 e. The van der Waals surface area contributed by atoms with Gasteiger partial charge in [0.1, 0.15) is 6.10 Å². The van der Waals surface area contributed by atoms with Crippen LogP contribution in [0.1, 0.15) is 52.9 Å². The highest BCUT2D eigenvalue weighted by Gasteiger charge is 2.63. The highest BCUT2D eigenvalue weighted by molar-refractivity contribution is 5.73. The molecule has 0 N–H and O–H groups in total. The van der Waals surface area contributed by atoms with Crippen molar-refractivity contribution in [1.29, 1.82) is 0 Å². The van der Waals surface area contributed by atoms with Gasteiger partial charge < -0.3 is 9.64 Å². The SMILES string of the molecule is CC1(C)C2CCC1(C)C(OC(=O)C1CCCN(c3ncccn3)C1)C2. The fourth-order valence-electron chi connectivity index (χ4n) is 5.35. The van der Waals surface area contributed by atoms with Gasteiger partial charge >= 0.3 is 5.97 Å². The van der Waals surface area contributed by atoms with Crippen molar-refractivity contribution in [2.24, 2.45) is 22.7 Å². The van der Waals surface area contributed by atoms with E-state index in [0.29, 0.717) is 18.4 Å². The third-order valence-electron chi connectivity index (χ3n) is 7.56. The summed E-state index contributed by atoms with van der Waals surface area (Å²) in [6, 6.07) is 1.82. The Hall–Kier alpha value is -1.65. The number of anilines is 1. The van der Waals surface area contributed by atoms with E-state index < -0.39 is 0 Å². The topological polar surface area (TPSA) is 55.3 Å². The standard InChI is InChI=1S/C20H29N3O2/c1-19(2)15-7-8-20(19,3)16(12-15)25-17(24)14-6-4-11-23(13-14)18-21-9-5-10-22-18/h5,9-10,14-16H,4,6-8,11-13H2,1-3H3. The van der Waals surface area contributed by atoms with Crippen molar-refractivity contribution in [3.63, 3.8) is 0 Å². The minimum atomic E-state index is -0.0663. The summed E-state index contributed by atoms with van der Waals surface area (Å²) >= 11 is 0. The number of carbonyl (C=O) groups is 1. The Morgan fingerprint density at radius 2 is 2.00 bits per heavy atom. The third kappa shape index (κ3) is 2.63. The van der Waals surface area contributed by atoms with E-state index in [0.717, 1.165) is 25.8 Å². The second-order valence-electron chi connectivity index (χ2n) is 8.87. The minimum Gasteiger partial charge on any atom is -0.461 e. The van der Waals surface area contributed by atoms with Crippen LogP contribution in [0.5, 0.6) is 0 Å². The number of piperidine rings is 1. The lowest BCUT2D eigenvalue weighted by atomic mass is 9.70. The fraction of sp³-hybridized carbons (Fsp3) is 0.750. The molecule has 5 nitrogen and oxygen atoms in total. The first-order valence-electron chi connectivity index (χ1n) is 9.64. The molecule has 2 bridgehead atoms. The number of aromatic nitrogens is 2. The summed E-state index contributed by atoms with van der Waals surface area (Å²) in [6.07, 6.45) is 8.96. The maximum atomic E-state index is 12.9. The fourth-order valence-corrected chi connectivity index (χ4v) is 5.35. The van der Waals surface area contributed by atoms with Crippen LogP contribution in [0.3, 0.4) is 0 Å². The molecule has 0 aromatic carbocycles. The number of rotatable bonds is 3. The van der Waals surface area contributed by atoms with Crippen LogP contribution < -0.4 is 4.90 Å². The van der Waals surface area contributed by atoms with Crippen molar-refractivity contribution >= 4 is 11.9 Å². The van der Waals surface area contributed by atoms with Gasteiger partial charge in [-0.2, -0.15) is 0 Å². The van der Waals surface area contributed by atoms with E-state index in [1.54, 1.807) is 12.4 Å². The quantitative estimate of drug-likeness (QED) is 0.787. The predicted molar refractivity (Wildman–Crippen MR) is 96.1 cm³/mol. The van der Waals surface area contributed by atoms with E-state index in [4.69, 9.17) is 4.74 Å². The molecule has 4 rings (SSSR count). The first kappa shape index (κ1) is 16.8. The molecule has 3 aliphatic rings. The summed E-state index contributed by atoms with van der Waals surface area (Å²) in [5.74, 6) is 1.32. The van der Waals surface area contributed by atoms with Crippen molar-refractivity contribution in [1.82, 2.24) is 9.97 Å². The molecule has 1 aromatic heterocycles. The van der Waals surface area contributed by atoms with Crippen LogP contribution in [0, 0.1) is 22.7 Å². The lowest BCUT2D eigenvalue weighted by molar-refractivity contribution is -0.162. The van der Waals surface area contributed by atoms with Crippen molar-refractivity contribution in [2.45, 2.75) is 59.0 Å².